The van der Waals surface area contributed by atoms with Gasteiger partial charge in [-0.1, -0.05) is 0 Å². The summed E-state index contributed by atoms with van der Waals surface area (Å²) in [6.07, 6.45) is 0. The highest BCUT2D eigenvalue weighted by molar-refractivity contribution is 5.85. The number of aliphatic hydroxyl groups is 1. The monoisotopic (exact) mass is 246 g/mol. The normalized spacial score (nSPS) is 31.9. The molecule has 1 heterocycles. The molecule has 7 heteroatoms. The molecule has 1 aliphatic heterocycles. The van der Waals surface area contributed by atoms with Crippen LogP contribution in [0.3, 0.4) is 0 Å². The Hall–Kier alpha value is -1.18. The van der Waals surface area contributed by atoms with Crippen molar-refractivity contribution in [3.05, 3.63) is 0 Å². The number of nitrogens with one attached hydrogen (secondary N) is 1. The molecule has 1 saturated heterocycles. The molecule has 0 spiro atoms. The van der Waals surface area contributed by atoms with E-state index in [9.17, 15) is 14.7 Å². The first-order valence-corrected chi connectivity index (χ1v) is 5.27. The standard InChI is InChI=1S/C10H18N2O5/c1-9(5-17-3-6(9)11)7(13)12-4-10(2,16)8(14)15/h6,16H,3-5,11H2,1-2H3,(H,12,13)(H,14,15). The van der Waals surface area contributed by atoms with Gasteiger partial charge < -0.3 is 26.0 Å². The number of rotatable bonds is 4. The van der Waals surface area contributed by atoms with Gasteiger partial charge in [-0.2, -0.15) is 0 Å². The van der Waals surface area contributed by atoms with Gasteiger partial charge in [-0.05, 0) is 13.8 Å². The Morgan fingerprint density at radius 2 is 2.24 bits per heavy atom. The minimum absolute atomic E-state index is 0.190. The number of carbonyl (C=O) groups excluding carboxylic acids is 1. The molecule has 0 aromatic heterocycles. The van der Waals surface area contributed by atoms with E-state index >= 15 is 0 Å². The van der Waals surface area contributed by atoms with Gasteiger partial charge in [-0.15, -0.1) is 0 Å². The number of hydrogen-bond acceptors (Lipinski definition) is 5. The number of carboxylic acid groups (broad SMARTS) is 1. The van der Waals surface area contributed by atoms with Gasteiger partial charge in [0.05, 0.1) is 25.2 Å². The van der Waals surface area contributed by atoms with Gasteiger partial charge in [0.2, 0.25) is 5.91 Å². The van der Waals surface area contributed by atoms with Crippen LogP contribution in [0.2, 0.25) is 0 Å². The summed E-state index contributed by atoms with van der Waals surface area (Å²) in [5.74, 6) is -1.81. The second kappa shape index (κ2) is 4.59. The maximum Gasteiger partial charge on any atom is 0.337 e. The maximum absolute atomic E-state index is 11.9. The van der Waals surface area contributed by atoms with Crippen LogP contribution in [0.4, 0.5) is 0 Å². The van der Waals surface area contributed by atoms with E-state index in [-0.39, 0.29) is 13.2 Å². The summed E-state index contributed by atoms with van der Waals surface area (Å²) in [4.78, 5) is 22.5. The summed E-state index contributed by atoms with van der Waals surface area (Å²) in [5.41, 5.74) is 2.88. The van der Waals surface area contributed by atoms with Crippen molar-refractivity contribution in [2.24, 2.45) is 11.1 Å². The molecule has 1 amide bonds. The lowest BCUT2D eigenvalue weighted by molar-refractivity contribution is -0.156. The molecule has 1 rings (SSSR count). The Kier molecular flexibility index (Phi) is 3.75. The highest BCUT2D eigenvalue weighted by Crippen LogP contribution is 2.27. The zero-order valence-electron chi connectivity index (χ0n) is 9.90. The first-order chi connectivity index (χ1) is 7.70. The van der Waals surface area contributed by atoms with Crippen LogP contribution in [0.15, 0.2) is 0 Å². The Labute approximate surface area is 98.9 Å². The summed E-state index contributed by atoms with van der Waals surface area (Å²) < 4.78 is 5.11. The number of aliphatic carboxylic acids is 1. The molecule has 1 fully saturated rings. The fourth-order valence-corrected chi connectivity index (χ4v) is 1.45. The van der Waals surface area contributed by atoms with Crippen LogP contribution in [-0.2, 0) is 14.3 Å². The number of hydrogen-bond donors (Lipinski definition) is 4. The van der Waals surface area contributed by atoms with Crippen LogP contribution in [0.25, 0.3) is 0 Å². The molecule has 0 aromatic rings. The molecule has 0 aromatic carbocycles. The number of carbonyl (C=O) groups is 2. The lowest BCUT2D eigenvalue weighted by Gasteiger charge is -2.27. The smallest absolute Gasteiger partial charge is 0.337 e. The fraction of sp³-hybridized carbons (Fsp3) is 0.800. The van der Waals surface area contributed by atoms with Gasteiger partial charge >= 0.3 is 5.97 Å². The first kappa shape index (κ1) is 13.9. The van der Waals surface area contributed by atoms with E-state index in [1.165, 1.54) is 0 Å². The third kappa shape index (κ3) is 2.74. The Morgan fingerprint density at radius 1 is 1.65 bits per heavy atom. The van der Waals surface area contributed by atoms with Crippen molar-refractivity contribution in [1.82, 2.24) is 5.32 Å². The zero-order chi connectivity index (χ0) is 13.3. The van der Waals surface area contributed by atoms with Gasteiger partial charge in [-0.3, -0.25) is 4.79 Å². The first-order valence-electron chi connectivity index (χ1n) is 5.27. The minimum atomic E-state index is -1.99. The molecule has 17 heavy (non-hydrogen) atoms. The predicted molar refractivity (Wildman–Crippen MR) is 58.2 cm³/mol. The van der Waals surface area contributed by atoms with Gasteiger partial charge in [0.1, 0.15) is 0 Å². The molecule has 0 bridgehead atoms. The van der Waals surface area contributed by atoms with E-state index in [1.807, 2.05) is 0 Å². The summed E-state index contributed by atoms with van der Waals surface area (Å²) >= 11 is 0. The Balaban J connectivity index is 2.59. The Bertz CT molecular complexity index is 331. The summed E-state index contributed by atoms with van der Waals surface area (Å²) in [6.45, 7) is 2.87. The van der Waals surface area contributed by atoms with E-state index in [1.54, 1.807) is 6.92 Å². The Morgan fingerprint density at radius 3 is 2.65 bits per heavy atom. The van der Waals surface area contributed by atoms with Gasteiger partial charge in [0.25, 0.3) is 0 Å². The van der Waals surface area contributed by atoms with E-state index in [2.05, 4.69) is 5.32 Å². The second-order valence-electron chi connectivity index (χ2n) is 4.80. The van der Waals surface area contributed by atoms with Gasteiger partial charge in [0.15, 0.2) is 5.60 Å². The average Bonchev–Trinajstić information content (AvgIpc) is 2.57. The van der Waals surface area contributed by atoms with Crippen molar-refractivity contribution in [2.75, 3.05) is 19.8 Å². The average molecular weight is 246 g/mol. The van der Waals surface area contributed by atoms with Crippen molar-refractivity contribution in [1.29, 1.82) is 0 Å². The van der Waals surface area contributed by atoms with Crippen molar-refractivity contribution < 1.29 is 24.5 Å². The maximum atomic E-state index is 11.9. The number of amides is 1. The van der Waals surface area contributed by atoms with E-state index in [4.69, 9.17) is 15.6 Å². The lowest BCUT2D eigenvalue weighted by Crippen LogP contribution is -2.54. The molecule has 3 unspecified atom stereocenters. The molecule has 1 aliphatic rings. The van der Waals surface area contributed by atoms with Gasteiger partial charge in [0, 0.05) is 6.04 Å². The highest BCUT2D eigenvalue weighted by Gasteiger charge is 2.45. The predicted octanol–water partition coefficient (Wildman–Crippen LogP) is -1.70. The topological polar surface area (TPSA) is 122 Å². The van der Waals surface area contributed by atoms with E-state index in [0.29, 0.717) is 6.61 Å². The lowest BCUT2D eigenvalue weighted by atomic mass is 9.84. The quantitative estimate of drug-likeness (QED) is 0.469. The summed E-state index contributed by atoms with van der Waals surface area (Å²) in [5, 5.41) is 20.5. The third-order valence-corrected chi connectivity index (χ3v) is 3.09. The second-order valence-corrected chi connectivity index (χ2v) is 4.80. The van der Waals surface area contributed by atoms with Crippen LogP contribution < -0.4 is 11.1 Å². The number of nitrogens with two attached hydrogens (primary N) is 1. The number of carboxylic acids is 1. The molecule has 0 saturated carbocycles. The molecule has 98 valence electrons. The molecule has 3 atom stereocenters. The molecule has 5 N–H and O–H groups in total. The summed E-state index contributed by atoms with van der Waals surface area (Å²) in [6, 6.07) is -0.433. The highest BCUT2D eigenvalue weighted by atomic mass is 16.5. The molecule has 0 radical (unpaired) electrons. The van der Waals surface area contributed by atoms with Gasteiger partial charge in [-0.25, -0.2) is 4.79 Å². The largest absolute Gasteiger partial charge is 0.479 e. The fourth-order valence-electron chi connectivity index (χ4n) is 1.45. The molecular formula is C10H18N2O5. The van der Waals surface area contributed by atoms with Crippen molar-refractivity contribution in [3.63, 3.8) is 0 Å². The number of ether oxygens (including phenoxy) is 1. The zero-order valence-corrected chi connectivity index (χ0v) is 9.90. The van der Waals surface area contributed by atoms with Crippen molar-refractivity contribution in [2.45, 2.75) is 25.5 Å². The minimum Gasteiger partial charge on any atom is -0.479 e. The van der Waals surface area contributed by atoms with Crippen molar-refractivity contribution in [3.8, 4) is 0 Å². The molecule has 0 aliphatic carbocycles. The van der Waals surface area contributed by atoms with E-state index < -0.39 is 28.9 Å². The van der Waals surface area contributed by atoms with Crippen LogP contribution >= 0.6 is 0 Å². The summed E-state index contributed by atoms with van der Waals surface area (Å²) in [7, 11) is 0. The molecular weight excluding hydrogens is 228 g/mol. The van der Waals surface area contributed by atoms with Crippen LogP contribution in [0.1, 0.15) is 13.8 Å². The van der Waals surface area contributed by atoms with Crippen molar-refractivity contribution >= 4 is 11.9 Å². The van der Waals surface area contributed by atoms with Crippen LogP contribution in [0.5, 0.6) is 0 Å². The molecule has 7 nitrogen and oxygen atoms in total. The van der Waals surface area contributed by atoms with Crippen LogP contribution in [0, 0.1) is 5.41 Å². The third-order valence-electron chi connectivity index (χ3n) is 3.09. The van der Waals surface area contributed by atoms with E-state index in [0.717, 1.165) is 6.92 Å². The van der Waals surface area contributed by atoms with Crippen LogP contribution in [-0.4, -0.2) is 53.5 Å². The SMILES string of the molecule is CC(O)(CNC(=O)C1(C)COCC1N)C(=O)O.